The first kappa shape index (κ1) is 39.7. The van der Waals surface area contributed by atoms with E-state index in [4.69, 9.17) is 0 Å². The number of hydrogen-bond donors (Lipinski definition) is 0. The van der Waals surface area contributed by atoms with Crippen molar-refractivity contribution in [3.8, 4) is 42.4 Å². The van der Waals surface area contributed by atoms with E-state index in [9.17, 15) is 0 Å². The molecule has 0 bridgehead atoms. The molecule has 7 aromatic rings. The summed E-state index contributed by atoms with van der Waals surface area (Å²) in [6.07, 6.45) is 14.5. The zero-order valence-corrected chi connectivity index (χ0v) is 37.2. The Kier molecular flexibility index (Phi) is 11.5. The number of benzene rings is 5. The van der Waals surface area contributed by atoms with Crippen LogP contribution in [0.15, 0.2) is 139 Å². The lowest BCUT2D eigenvalue weighted by molar-refractivity contribution is 0.414. The molecule has 0 spiro atoms. The summed E-state index contributed by atoms with van der Waals surface area (Å²) in [4.78, 5) is 6.56. The third-order valence-electron chi connectivity index (χ3n) is 13.6. The van der Waals surface area contributed by atoms with E-state index in [1.807, 2.05) is 22.7 Å². The highest BCUT2D eigenvalue weighted by Crippen LogP contribution is 2.58. The summed E-state index contributed by atoms with van der Waals surface area (Å²) in [6.45, 7) is 9.40. The fourth-order valence-corrected chi connectivity index (χ4v) is 12.5. The number of unbranched alkanes of at least 4 members (excludes halogenated alkanes) is 4. The van der Waals surface area contributed by atoms with Gasteiger partial charge in [0.25, 0.3) is 0 Å². The molecule has 5 aromatic carbocycles. The van der Waals surface area contributed by atoms with Crippen LogP contribution in [0.3, 0.4) is 0 Å². The molecule has 0 fully saturated rings. The molecule has 9 rings (SSSR count). The van der Waals surface area contributed by atoms with Crippen molar-refractivity contribution in [3.05, 3.63) is 161 Å². The van der Waals surface area contributed by atoms with Crippen LogP contribution < -0.4 is 4.90 Å². The Hall–Kier alpha value is -4.70. The van der Waals surface area contributed by atoms with Gasteiger partial charge in [-0.25, -0.2) is 0 Å². The first-order valence-electron chi connectivity index (χ1n) is 22.6. The van der Waals surface area contributed by atoms with Gasteiger partial charge in [0.15, 0.2) is 0 Å². The van der Waals surface area contributed by atoms with Crippen molar-refractivity contribution in [2.45, 2.75) is 116 Å². The van der Waals surface area contributed by atoms with Crippen molar-refractivity contribution in [3.63, 3.8) is 0 Å². The minimum absolute atomic E-state index is 0.0258. The molecule has 2 aliphatic carbocycles. The summed E-state index contributed by atoms with van der Waals surface area (Å²) in [5.41, 5.74) is 16.9. The first-order valence-corrected chi connectivity index (χ1v) is 24.3. The molecule has 0 radical (unpaired) electrons. The molecule has 0 N–H and O–H groups in total. The molecule has 0 saturated heterocycles. The molecule has 2 aromatic heterocycles. The van der Waals surface area contributed by atoms with E-state index in [1.54, 1.807) is 0 Å². The average Bonchev–Trinajstić information content (AvgIpc) is 4.09. The van der Waals surface area contributed by atoms with E-state index < -0.39 is 0 Å². The largest absolute Gasteiger partial charge is 0.310 e. The molecule has 2 aliphatic rings. The number of fused-ring (bicyclic) bond motifs is 6. The first-order chi connectivity index (χ1) is 29.0. The minimum atomic E-state index is 0.0258. The van der Waals surface area contributed by atoms with Crippen LogP contribution in [0, 0.1) is 0 Å². The fourth-order valence-electron chi connectivity index (χ4n) is 10.7. The van der Waals surface area contributed by atoms with Crippen LogP contribution in [0.1, 0.15) is 127 Å². The Morgan fingerprint density at radius 2 is 0.864 bits per heavy atom. The molecular formula is C56H59NS2. The van der Waals surface area contributed by atoms with Gasteiger partial charge in [0, 0.05) is 42.5 Å². The lowest BCUT2D eigenvalue weighted by Gasteiger charge is -2.35. The molecule has 0 aliphatic heterocycles. The Labute approximate surface area is 361 Å². The second-order valence-corrected chi connectivity index (χ2v) is 19.2. The van der Waals surface area contributed by atoms with Gasteiger partial charge in [-0.2, -0.15) is 0 Å². The van der Waals surface area contributed by atoms with E-state index >= 15 is 0 Å². The van der Waals surface area contributed by atoms with Crippen molar-refractivity contribution in [2.24, 2.45) is 0 Å². The summed E-state index contributed by atoms with van der Waals surface area (Å²) in [7, 11) is 0. The summed E-state index contributed by atoms with van der Waals surface area (Å²) in [5, 5.41) is 2.17. The zero-order valence-electron chi connectivity index (χ0n) is 35.5. The van der Waals surface area contributed by atoms with Gasteiger partial charge in [-0.05, 0) is 136 Å². The minimum Gasteiger partial charge on any atom is -0.310 e. The maximum Gasteiger partial charge on any atom is 0.0465 e. The highest BCUT2D eigenvalue weighted by Gasteiger charge is 2.44. The smallest absolute Gasteiger partial charge is 0.0465 e. The Bertz CT molecular complexity index is 2380. The lowest BCUT2D eigenvalue weighted by atomic mass is 9.70. The highest BCUT2D eigenvalue weighted by atomic mass is 32.1. The van der Waals surface area contributed by atoms with Gasteiger partial charge in [-0.1, -0.05) is 158 Å². The van der Waals surface area contributed by atoms with Crippen LogP contribution in [0.5, 0.6) is 0 Å². The third-order valence-corrected chi connectivity index (χ3v) is 15.8. The van der Waals surface area contributed by atoms with Gasteiger partial charge in [0.1, 0.15) is 0 Å². The Balaban J connectivity index is 1.21. The SMILES string of the molecule is CCCCC1(CCCC)c2ccccc2-c2ccc(N(c3ccc(-c4ccc(-c5cccs5)s4)cc3)c3ccc4c(c3)C(CCCC)(CCCC)c3ccccc3-4)cc21. The monoisotopic (exact) mass is 809 g/mol. The van der Waals surface area contributed by atoms with E-state index in [1.165, 1.54) is 159 Å². The zero-order chi connectivity index (χ0) is 40.4. The maximum atomic E-state index is 2.60. The third kappa shape index (κ3) is 7.03. The topological polar surface area (TPSA) is 3.24 Å². The van der Waals surface area contributed by atoms with Crippen molar-refractivity contribution < 1.29 is 0 Å². The van der Waals surface area contributed by atoms with Gasteiger partial charge < -0.3 is 4.90 Å². The predicted molar refractivity (Wildman–Crippen MR) is 258 cm³/mol. The van der Waals surface area contributed by atoms with Gasteiger partial charge in [0.05, 0.1) is 0 Å². The molecular weight excluding hydrogens is 751 g/mol. The number of thiophene rings is 2. The van der Waals surface area contributed by atoms with E-state index in [-0.39, 0.29) is 10.8 Å². The lowest BCUT2D eigenvalue weighted by Crippen LogP contribution is -2.26. The second kappa shape index (κ2) is 17.1. The second-order valence-electron chi connectivity index (χ2n) is 17.2. The summed E-state index contributed by atoms with van der Waals surface area (Å²) in [6, 6.07) is 52.0. The molecule has 59 heavy (non-hydrogen) atoms. The standard InChI is InChI=1S/C56H59NS2/c1-5-9-33-55(34-10-6-2)48-20-15-13-18-44(48)46-29-27-42(38-50(46)55)57(41-25-23-40(24-26-41)52-31-32-54(59-52)53-22-17-37-58-53)43-28-30-47-45-19-14-16-21-49(45)56(35-11-7-3,36-12-8-4)51(47)39-43/h13-32,37-39H,5-12,33-36H2,1-4H3. The van der Waals surface area contributed by atoms with Crippen LogP contribution in [-0.2, 0) is 10.8 Å². The van der Waals surface area contributed by atoms with Crippen molar-refractivity contribution in [1.82, 2.24) is 0 Å². The van der Waals surface area contributed by atoms with Gasteiger partial charge in [-0.3, -0.25) is 0 Å². The quantitative estimate of drug-likeness (QED) is 0.0886. The molecule has 0 atom stereocenters. The number of rotatable bonds is 17. The summed E-state index contributed by atoms with van der Waals surface area (Å²) < 4.78 is 0. The number of anilines is 3. The molecule has 0 saturated carbocycles. The summed E-state index contributed by atoms with van der Waals surface area (Å²) >= 11 is 3.70. The van der Waals surface area contributed by atoms with Gasteiger partial charge in [0.2, 0.25) is 0 Å². The van der Waals surface area contributed by atoms with Crippen LogP contribution in [0.4, 0.5) is 17.1 Å². The fraction of sp³-hybridized carbons (Fsp3) is 0.321. The molecule has 3 heteroatoms. The normalized spacial score (nSPS) is 14.2. The van der Waals surface area contributed by atoms with E-state index in [0.29, 0.717) is 0 Å². The maximum absolute atomic E-state index is 2.60. The molecule has 2 heterocycles. The average molecular weight is 810 g/mol. The van der Waals surface area contributed by atoms with Crippen LogP contribution in [-0.4, -0.2) is 0 Å². The molecule has 0 amide bonds. The number of nitrogens with zero attached hydrogens (tertiary/aromatic N) is 1. The van der Waals surface area contributed by atoms with E-state index in [0.717, 1.165) is 0 Å². The van der Waals surface area contributed by atoms with Crippen molar-refractivity contribution >= 4 is 39.7 Å². The predicted octanol–water partition coefficient (Wildman–Crippen LogP) is 17.9. The number of hydrogen-bond acceptors (Lipinski definition) is 3. The Morgan fingerprint density at radius 3 is 1.34 bits per heavy atom. The van der Waals surface area contributed by atoms with Crippen LogP contribution in [0.2, 0.25) is 0 Å². The van der Waals surface area contributed by atoms with Crippen molar-refractivity contribution in [1.29, 1.82) is 0 Å². The van der Waals surface area contributed by atoms with Crippen LogP contribution >= 0.6 is 22.7 Å². The van der Waals surface area contributed by atoms with Gasteiger partial charge >= 0.3 is 0 Å². The van der Waals surface area contributed by atoms with E-state index in [2.05, 4.69) is 171 Å². The molecule has 300 valence electrons. The molecule has 0 unspecified atom stereocenters. The Morgan fingerprint density at radius 1 is 0.407 bits per heavy atom. The molecule has 1 nitrogen and oxygen atoms in total. The highest BCUT2D eigenvalue weighted by molar-refractivity contribution is 7.23. The van der Waals surface area contributed by atoms with Crippen molar-refractivity contribution in [2.75, 3.05) is 4.90 Å². The van der Waals surface area contributed by atoms with Gasteiger partial charge in [-0.15, -0.1) is 22.7 Å². The van der Waals surface area contributed by atoms with Crippen LogP contribution in [0.25, 0.3) is 42.4 Å². The summed E-state index contributed by atoms with van der Waals surface area (Å²) in [5.74, 6) is 0.